The van der Waals surface area contributed by atoms with E-state index in [1.54, 1.807) is 18.9 Å². The second-order valence-corrected chi connectivity index (χ2v) is 6.11. The van der Waals surface area contributed by atoms with Gasteiger partial charge in [0, 0.05) is 6.54 Å². The van der Waals surface area contributed by atoms with E-state index in [1.807, 2.05) is 18.2 Å². The van der Waals surface area contributed by atoms with Gasteiger partial charge in [-0.25, -0.2) is 0 Å². The number of hydrogen-bond donors (Lipinski definition) is 1. The maximum atomic E-state index is 10.3. The number of rotatable bonds is 5. The highest BCUT2D eigenvalue weighted by Gasteiger charge is 2.27. The molecule has 4 nitrogen and oxygen atoms in total. The van der Waals surface area contributed by atoms with Gasteiger partial charge in [-0.1, -0.05) is 13.8 Å². The van der Waals surface area contributed by atoms with Crippen LogP contribution in [0.4, 0.5) is 0 Å². The van der Waals surface area contributed by atoms with Crippen LogP contribution in [0.1, 0.15) is 13.8 Å². The number of benzene rings is 1. The molecule has 20 heavy (non-hydrogen) atoms. The minimum atomic E-state index is -0.459. The molecule has 5 heteroatoms. The van der Waals surface area contributed by atoms with Crippen LogP contribution in [-0.4, -0.2) is 54.7 Å². The van der Waals surface area contributed by atoms with Crippen molar-refractivity contribution in [3.05, 3.63) is 18.2 Å². The molecular formula is C15H23NO3S. The van der Waals surface area contributed by atoms with Gasteiger partial charge in [0.25, 0.3) is 0 Å². The van der Waals surface area contributed by atoms with Crippen LogP contribution in [0.5, 0.6) is 11.5 Å². The third kappa shape index (κ3) is 3.59. The molecule has 0 fully saturated rings. The summed E-state index contributed by atoms with van der Waals surface area (Å²) in [5.74, 6) is 1.65. The molecule has 0 saturated carbocycles. The van der Waals surface area contributed by atoms with Crippen molar-refractivity contribution in [2.75, 3.05) is 33.4 Å². The summed E-state index contributed by atoms with van der Waals surface area (Å²) in [6, 6.07) is 5.78. The maximum absolute atomic E-state index is 10.3. The zero-order valence-electron chi connectivity index (χ0n) is 12.3. The maximum Gasteiger partial charge on any atom is 0.133 e. The first-order chi connectivity index (χ1) is 9.67. The minimum absolute atomic E-state index is 0.114. The van der Waals surface area contributed by atoms with Crippen LogP contribution in [0.2, 0.25) is 0 Å². The molecule has 0 unspecified atom stereocenters. The Labute approximate surface area is 125 Å². The van der Waals surface area contributed by atoms with Crippen LogP contribution in [-0.2, 0) is 0 Å². The number of aliphatic hydroxyl groups is 1. The van der Waals surface area contributed by atoms with E-state index in [0.29, 0.717) is 6.61 Å². The Morgan fingerprint density at radius 1 is 1.40 bits per heavy atom. The zero-order chi connectivity index (χ0) is 14.5. The molecule has 1 N–H and O–H groups in total. The molecule has 0 saturated heterocycles. The largest absolute Gasteiger partial charge is 0.497 e. The summed E-state index contributed by atoms with van der Waals surface area (Å²) in [6.07, 6.45) is -0.459. The lowest BCUT2D eigenvalue weighted by molar-refractivity contribution is 0.0960. The van der Waals surface area contributed by atoms with Crippen LogP contribution in [0, 0.1) is 0 Å². The van der Waals surface area contributed by atoms with Crippen molar-refractivity contribution in [2.45, 2.75) is 30.1 Å². The molecule has 0 bridgehead atoms. The van der Waals surface area contributed by atoms with Crippen molar-refractivity contribution in [3.63, 3.8) is 0 Å². The number of hydrogen-bond acceptors (Lipinski definition) is 5. The SMILES string of the molecule is CCN(CC)C[C@@H]1Sc2cc(OC)ccc2OC[C@@H]1O. The Balaban J connectivity index is 2.17. The second-order valence-electron chi connectivity index (χ2n) is 4.83. The van der Waals surface area contributed by atoms with Crippen molar-refractivity contribution < 1.29 is 14.6 Å². The molecule has 112 valence electrons. The smallest absolute Gasteiger partial charge is 0.133 e. The predicted octanol–water partition coefficient (Wildman–Crippen LogP) is 2.25. The lowest BCUT2D eigenvalue weighted by Crippen LogP contribution is -2.39. The summed E-state index contributed by atoms with van der Waals surface area (Å²) in [5.41, 5.74) is 0. The Bertz CT molecular complexity index is 437. The van der Waals surface area contributed by atoms with Crippen LogP contribution in [0.15, 0.2) is 23.1 Å². The van der Waals surface area contributed by atoms with Gasteiger partial charge in [-0.15, -0.1) is 11.8 Å². The fourth-order valence-corrected chi connectivity index (χ4v) is 3.52. The average molecular weight is 297 g/mol. The third-order valence-corrected chi connectivity index (χ3v) is 4.94. The van der Waals surface area contributed by atoms with Gasteiger partial charge in [-0.2, -0.15) is 0 Å². The predicted molar refractivity (Wildman–Crippen MR) is 81.9 cm³/mol. The van der Waals surface area contributed by atoms with Crippen molar-refractivity contribution >= 4 is 11.8 Å². The fourth-order valence-electron chi connectivity index (χ4n) is 2.25. The van der Waals surface area contributed by atoms with Crippen molar-refractivity contribution in [2.24, 2.45) is 0 Å². The topological polar surface area (TPSA) is 41.9 Å². The van der Waals surface area contributed by atoms with Gasteiger partial charge in [0.05, 0.1) is 17.3 Å². The highest BCUT2D eigenvalue weighted by molar-refractivity contribution is 8.00. The van der Waals surface area contributed by atoms with E-state index in [9.17, 15) is 5.11 Å². The number of ether oxygens (including phenoxy) is 2. The first-order valence-electron chi connectivity index (χ1n) is 7.05. The van der Waals surface area contributed by atoms with E-state index < -0.39 is 6.10 Å². The molecule has 1 aliphatic rings. The van der Waals surface area contributed by atoms with E-state index in [2.05, 4.69) is 18.7 Å². The third-order valence-electron chi connectivity index (χ3n) is 3.60. The van der Waals surface area contributed by atoms with Gasteiger partial charge in [-0.05, 0) is 31.3 Å². The monoisotopic (exact) mass is 297 g/mol. The lowest BCUT2D eigenvalue weighted by Gasteiger charge is -2.26. The Morgan fingerprint density at radius 2 is 2.15 bits per heavy atom. The zero-order valence-corrected chi connectivity index (χ0v) is 13.2. The molecule has 1 aliphatic heterocycles. The molecule has 0 aliphatic carbocycles. The van der Waals surface area contributed by atoms with E-state index in [1.165, 1.54) is 0 Å². The second kappa shape index (κ2) is 7.20. The summed E-state index contributed by atoms with van der Waals surface area (Å²) >= 11 is 1.68. The average Bonchev–Trinajstić information content (AvgIpc) is 2.63. The van der Waals surface area contributed by atoms with Gasteiger partial charge in [-0.3, -0.25) is 0 Å². The van der Waals surface area contributed by atoms with E-state index in [0.717, 1.165) is 36.0 Å². The van der Waals surface area contributed by atoms with Crippen LogP contribution < -0.4 is 9.47 Å². The molecular weight excluding hydrogens is 274 g/mol. The fraction of sp³-hybridized carbons (Fsp3) is 0.600. The van der Waals surface area contributed by atoms with Gasteiger partial charge >= 0.3 is 0 Å². The van der Waals surface area contributed by atoms with Crippen LogP contribution in [0.25, 0.3) is 0 Å². The van der Waals surface area contributed by atoms with Gasteiger partial charge in [0.15, 0.2) is 0 Å². The summed E-state index contributed by atoms with van der Waals surface area (Å²) in [7, 11) is 1.66. The summed E-state index contributed by atoms with van der Waals surface area (Å²) in [6.45, 7) is 7.48. The molecule has 0 aromatic heterocycles. The number of aliphatic hydroxyl groups excluding tert-OH is 1. The van der Waals surface area contributed by atoms with E-state index >= 15 is 0 Å². The normalized spacial score (nSPS) is 22.1. The van der Waals surface area contributed by atoms with Gasteiger partial charge in [0.1, 0.15) is 24.2 Å². The van der Waals surface area contributed by atoms with Crippen molar-refractivity contribution in [1.29, 1.82) is 0 Å². The number of nitrogens with zero attached hydrogens (tertiary/aromatic N) is 1. The first-order valence-corrected chi connectivity index (χ1v) is 7.93. The highest BCUT2D eigenvalue weighted by Crippen LogP contribution is 2.39. The molecule has 0 radical (unpaired) electrons. The van der Waals surface area contributed by atoms with Crippen LogP contribution in [0.3, 0.4) is 0 Å². The number of fused-ring (bicyclic) bond motifs is 1. The summed E-state index contributed by atoms with van der Waals surface area (Å²) in [5, 5.41) is 10.4. The van der Waals surface area contributed by atoms with Gasteiger partial charge < -0.3 is 19.5 Å². The minimum Gasteiger partial charge on any atom is -0.497 e. The molecule has 2 atom stereocenters. The molecule has 1 aromatic carbocycles. The molecule has 1 aromatic rings. The molecule has 2 rings (SSSR count). The first kappa shape index (κ1) is 15.5. The number of thioether (sulfide) groups is 1. The Hall–Kier alpha value is -0.910. The van der Waals surface area contributed by atoms with E-state index in [-0.39, 0.29) is 5.25 Å². The summed E-state index contributed by atoms with van der Waals surface area (Å²) in [4.78, 5) is 3.37. The van der Waals surface area contributed by atoms with E-state index in [4.69, 9.17) is 9.47 Å². The molecule has 1 heterocycles. The Kier molecular flexibility index (Phi) is 5.57. The molecule has 0 spiro atoms. The van der Waals surface area contributed by atoms with Gasteiger partial charge in [0.2, 0.25) is 0 Å². The standard InChI is InChI=1S/C15H23NO3S/c1-4-16(5-2)9-15-12(17)10-19-13-7-6-11(18-3)8-14(13)20-15/h6-8,12,15,17H,4-5,9-10H2,1-3H3/t12-,15-/m0/s1. The lowest BCUT2D eigenvalue weighted by atomic mass is 10.2. The van der Waals surface area contributed by atoms with Crippen molar-refractivity contribution in [3.8, 4) is 11.5 Å². The van der Waals surface area contributed by atoms with Crippen LogP contribution >= 0.6 is 11.8 Å². The summed E-state index contributed by atoms with van der Waals surface area (Å²) < 4.78 is 11.0. The number of methoxy groups -OCH3 is 1. The highest BCUT2D eigenvalue weighted by atomic mass is 32.2. The quantitative estimate of drug-likeness (QED) is 0.903. The molecule has 0 amide bonds. The van der Waals surface area contributed by atoms with Crippen molar-refractivity contribution in [1.82, 2.24) is 4.90 Å². The Morgan fingerprint density at radius 3 is 2.80 bits per heavy atom.